The van der Waals surface area contributed by atoms with Gasteiger partial charge in [-0.2, -0.15) is 0 Å². The Bertz CT molecular complexity index is 744. The van der Waals surface area contributed by atoms with Gasteiger partial charge in [-0.3, -0.25) is 9.59 Å². The number of nitrogens with one attached hydrogen (secondary N) is 2. The Morgan fingerprint density at radius 3 is 2.86 bits per heavy atom. The molecule has 0 saturated heterocycles. The zero-order valence-electron chi connectivity index (χ0n) is 12.0. The van der Waals surface area contributed by atoms with Gasteiger partial charge < -0.3 is 10.3 Å². The molecular weight excluding hydrogens is 292 g/mol. The minimum absolute atomic E-state index is 0.000382. The molecule has 0 unspecified atom stereocenters. The molecule has 0 bridgehead atoms. The molecule has 0 saturated carbocycles. The molecule has 22 heavy (non-hydrogen) atoms. The van der Waals surface area contributed by atoms with Crippen LogP contribution in [0.5, 0.6) is 0 Å². The summed E-state index contributed by atoms with van der Waals surface area (Å²) in [7, 11) is 0. The normalized spacial score (nSPS) is 10.5. The molecule has 7 heteroatoms. The van der Waals surface area contributed by atoms with Crippen molar-refractivity contribution in [1.82, 2.24) is 15.3 Å². The van der Waals surface area contributed by atoms with Crippen LogP contribution < -0.4 is 10.9 Å². The summed E-state index contributed by atoms with van der Waals surface area (Å²) in [6.07, 6.45) is 0.0929. The Labute approximate surface area is 125 Å². The first-order valence-electron chi connectivity index (χ1n) is 6.72. The van der Waals surface area contributed by atoms with Crippen LogP contribution in [0.4, 0.5) is 8.78 Å². The molecule has 0 aliphatic rings. The maximum absolute atomic E-state index is 13.4. The molecule has 0 atom stereocenters. The number of H-pyrrole nitrogens is 1. The predicted molar refractivity (Wildman–Crippen MR) is 76.4 cm³/mol. The minimum Gasteiger partial charge on any atom is -0.355 e. The number of hydrogen-bond acceptors (Lipinski definition) is 3. The molecule has 116 valence electrons. The average Bonchev–Trinajstić information content (AvgIpc) is 2.43. The Morgan fingerprint density at radius 1 is 1.36 bits per heavy atom. The third-order valence-electron chi connectivity index (χ3n) is 2.99. The van der Waals surface area contributed by atoms with Crippen molar-refractivity contribution in [2.45, 2.75) is 19.8 Å². The average molecular weight is 307 g/mol. The highest BCUT2D eigenvalue weighted by Gasteiger charge is 2.11. The maximum Gasteiger partial charge on any atom is 0.251 e. The van der Waals surface area contributed by atoms with Gasteiger partial charge in [-0.15, -0.1) is 0 Å². The van der Waals surface area contributed by atoms with Gasteiger partial charge in [0.05, 0.1) is 6.42 Å². The smallest absolute Gasteiger partial charge is 0.251 e. The van der Waals surface area contributed by atoms with Crippen molar-refractivity contribution in [2.75, 3.05) is 6.54 Å². The van der Waals surface area contributed by atoms with Gasteiger partial charge >= 0.3 is 0 Å². The summed E-state index contributed by atoms with van der Waals surface area (Å²) in [6.45, 7) is 1.94. The summed E-state index contributed by atoms with van der Waals surface area (Å²) >= 11 is 0. The van der Waals surface area contributed by atoms with E-state index in [1.165, 1.54) is 18.2 Å². The van der Waals surface area contributed by atoms with Crippen LogP contribution in [0, 0.1) is 18.6 Å². The van der Waals surface area contributed by atoms with Crippen LogP contribution in [0.3, 0.4) is 0 Å². The third-order valence-corrected chi connectivity index (χ3v) is 2.99. The lowest BCUT2D eigenvalue weighted by molar-refractivity contribution is -0.120. The first kappa shape index (κ1) is 15.8. The number of carbonyl (C=O) groups excluding carboxylic acids is 1. The van der Waals surface area contributed by atoms with Gasteiger partial charge in [-0.25, -0.2) is 13.8 Å². The van der Waals surface area contributed by atoms with Crippen LogP contribution >= 0.6 is 0 Å². The fourth-order valence-electron chi connectivity index (χ4n) is 2.00. The molecule has 1 aromatic carbocycles. The Hall–Kier alpha value is -2.57. The standard InChI is InChI=1S/C15H15F2N3O2/c1-9-7-14(22)20-12(19-9)5-6-18-13(21)8-10-3-2-4-11(16)15(10)17/h2-4,7H,5-6,8H2,1H3,(H,18,21)(H,19,20,22). The van der Waals surface area contributed by atoms with Crippen LogP contribution in [0.1, 0.15) is 17.1 Å². The molecule has 0 spiro atoms. The number of hydrogen-bond donors (Lipinski definition) is 2. The van der Waals surface area contributed by atoms with Crippen LogP contribution in [0.25, 0.3) is 0 Å². The number of carbonyl (C=O) groups is 1. The maximum atomic E-state index is 13.4. The summed E-state index contributed by atoms with van der Waals surface area (Å²) in [6, 6.07) is 5.07. The monoisotopic (exact) mass is 307 g/mol. The highest BCUT2D eigenvalue weighted by atomic mass is 19.2. The first-order valence-corrected chi connectivity index (χ1v) is 6.72. The molecule has 2 rings (SSSR count). The van der Waals surface area contributed by atoms with Crippen molar-refractivity contribution < 1.29 is 13.6 Å². The number of benzene rings is 1. The third kappa shape index (κ3) is 4.21. The number of aromatic amines is 1. The van der Waals surface area contributed by atoms with Crippen LogP contribution in [-0.2, 0) is 17.6 Å². The molecule has 5 nitrogen and oxygen atoms in total. The lowest BCUT2D eigenvalue weighted by Crippen LogP contribution is -2.28. The van der Waals surface area contributed by atoms with Gasteiger partial charge in [-0.05, 0) is 13.0 Å². The van der Waals surface area contributed by atoms with Crippen molar-refractivity contribution in [3.05, 3.63) is 63.3 Å². The molecule has 1 heterocycles. The zero-order chi connectivity index (χ0) is 16.1. The van der Waals surface area contributed by atoms with E-state index < -0.39 is 17.5 Å². The zero-order valence-corrected chi connectivity index (χ0v) is 12.0. The van der Waals surface area contributed by atoms with E-state index in [1.807, 2.05) is 0 Å². The number of rotatable bonds is 5. The van der Waals surface area contributed by atoms with Crippen molar-refractivity contribution in [3.8, 4) is 0 Å². The van der Waals surface area contributed by atoms with E-state index in [9.17, 15) is 18.4 Å². The molecule has 2 aromatic rings. The van der Waals surface area contributed by atoms with Gasteiger partial charge in [0.15, 0.2) is 11.6 Å². The quantitative estimate of drug-likeness (QED) is 0.873. The van der Waals surface area contributed by atoms with Gasteiger partial charge in [0.2, 0.25) is 5.91 Å². The molecule has 1 aromatic heterocycles. The fourth-order valence-corrected chi connectivity index (χ4v) is 2.00. The van der Waals surface area contributed by atoms with Crippen LogP contribution in [-0.4, -0.2) is 22.4 Å². The molecule has 0 aliphatic heterocycles. The number of halogens is 2. The molecule has 1 amide bonds. The summed E-state index contributed by atoms with van der Waals surface area (Å²) in [5.74, 6) is -1.96. The lowest BCUT2D eigenvalue weighted by atomic mass is 10.1. The van der Waals surface area contributed by atoms with Crippen LogP contribution in [0.15, 0.2) is 29.1 Å². The summed E-state index contributed by atoms with van der Waals surface area (Å²) < 4.78 is 26.5. The number of aromatic nitrogens is 2. The second-order valence-corrected chi connectivity index (χ2v) is 4.82. The Balaban J connectivity index is 1.88. The number of nitrogens with zero attached hydrogens (tertiary/aromatic N) is 1. The van der Waals surface area contributed by atoms with E-state index >= 15 is 0 Å². The summed E-state index contributed by atoms with van der Waals surface area (Å²) in [5.41, 5.74) is 0.335. The van der Waals surface area contributed by atoms with Crippen molar-refractivity contribution in [3.63, 3.8) is 0 Å². The van der Waals surface area contributed by atoms with Crippen LogP contribution in [0.2, 0.25) is 0 Å². The van der Waals surface area contributed by atoms with E-state index in [0.29, 0.717) is 17.9 Å². The highest BCUT2D eigenvalue weighted by Crippen LogP contribution is 2.11. The largest absolute Gasteiger partial charge is 0.355 e. The van der Waals surface area contributed by atoms with Crippen molar-refractivity contribution in [2.24, 2.45) is 0 Å². The Morgan fingerprint density at radius 2 is 2.14 bits per heavy atom. The topological polar surface area (TPSA) is 74.8 Å². The summed E-state index contributed by atoms with van der Waals surface area (Å²) in [4.78, 5) is 29.7. The highest BCUT2D eigenvalue weighted by molar-refractivity contribution is 5.78. The fraction of sp³-hybridized carbons (Fsp3) is 0.267. The van der Waals surface area contributed by atoms with E-state index in [2.05, 4.69) is 15.3 Å². The van der Waals surface area contributed by atoms with E-state index in [4.69, 9.17) is 0 Å². The van der Waals surface area contributed by atoms with E-state index in [-0.39, 0.29) is 24.1 Å². The number of aryl methyl sites for hydroxylation is 1. The Kier molecular flexibility index (Phi) is 4.98. The van der Waals surface area contributed by atoms with Gasteiger partial charge in [-0.1, -0.05) is 12.1 Å². The van der Waals surface area contributed by atoms with Gasteiger partial charge in [0.25, 0.3) is 5.56 Å². The molecule has 2 N–H and O–H groups in total. The van der Waals surface area contributed by atoms with Crippen molar-refractivity contribution in [1.29, 1.82) is 0 Å². The van der Waals surface area contributed by atoms with Gasteiger partial charge in [0.1, 0.15) is 5.82 Å². The van der Waals surface area contributed by atoms with Gasteiger partial charge in [0, 0.05) is 30.3 Å². The second kappa shape index (κ2) is 6.93. The molecule has 0 radical (unpaired) electrons. The minimum atomic E-state index is -1.01. The molecule has 0 fully saturated rings. The lowest BCUT2D eigenvalue weighted by Gasteiger charge is -2.06. The van der Waals surface area contributed by atoms with E-state index in [1.54, 1.807) is 6.92 Å². The van der Waals surface area contributed by atoms with E-state index in [0.717, 1.165) is 6.07 Å². The molecule has 0 aliphatic carbocycles. The predicted octanol–water partition coefficient (Wildman–Crippen LogP) is 1.26. The second-order valence-electron chi connectivity index (χ2n) is 4.82. The first-order chi connectivity index (χ1) is 10.5. The SMILES string of the molecule is Cc1cc(=O)[nH]c(CCNC(=O)Cc2cccc(F)c2F)n1. The summed E-state index contributed by atoms with van der Waals surface area (Å²) in [5, 5.41) is 2.58. The number of amides is 1. The molecular formula is C15H15F2N3O2. The van der Waals surface area contributed by atoms with Crippen molar-refractivity contribution >= 4 is 5.91 Å².